The zero-order valence-corrected chi connectivity index (χ0v) is 22.3. The van der Waals surface area contributed by atoms with Crippen LogP contribution in [0.2, 0.25) is 5.02 Å². The van der Waals surface area contributed by atoms with E-state index in [1.54, 1.807) is 6.07 Å². The molecule has 0 saturated carbocycles. The van der Waals surface area contributed by atoms with E-state index in [-0.39, 0.29) is 22.1 Å². The maximum Gasteiger partial charge on any atom is 0.245 e. The highest BCUT2D eigenvalue weighted by atomic mass is 35.5. The fourth-order valence-corrected chi connectivity index (χ4v) is 6.19. The van der Waals surface area contributed by atoms with Crippen molar-refractivity contribution >= 4 is 45.0 Å². The van der Waals surface area contributed by atoms with Gasteiger partial charge < -0.3 is 10.1 Å². The van der Waals surface area contributed by atoms with Gasteiger partial charge in [0.2, 0.25) is 15.9 Å². The molecule has 0 aliphatic heterocycles. The highest BCUT2D eigenvalue weighted by Crippen LogP contribution is 2.33. The summed E-state index contributed by atoms with van der Waals surface area (Å²) in [4.78, 5) is 15.2. The van der Waals surface area contributed by atoms with Crippen molar-refractivity contribution in [1.82, 2.24) is 4.72 Å². The first-order valence-electron chi connectivity index (χ1n) is 11.4. The van der Waals surface area contributed by atoms with E-state index in [2.05, 4.69) is 10.0 Å². The molecule has 4 aromatic rings. The van der Waals surface area contributed by atoms with Crippen LogP contribution in [-0.4, -0.2) is 27.5 Å². The van der Waals surface area contributed by atoms with Gasteiger partial charge in [0.05, 0.1) is 12.8 Å². The van der Waals surface area contributed by atoms with Crippen LogP contribution in [0, 0.1) is 0 Å². The van der Waals surface area contributed by atoms with E-state index < -0.39 is 22.0 Å². The molecule has 4 rings (SSSR count). The van der Waals surface area contributed by atoms with E-state index in [1.807, 2.05) is 78.9 Å². The standard InChI is InChI=1S/C28H25ClN2O4S2/c1-35-25-17-16-21(29)19-27(25)37(33,34)31-24(18-20-10-4-2-5-11-20)28(32)30-23-14-8-9-15-26(23)36-22-12-6-3-7-13-22/h2-17,19,24,31H,18H2,1H3,(H,30,32)/t24-/m1/s1. The van der Waals surface area contributed by atoms with Crippen LogP contribution in [0.4, 0.5) is 5.69 Å². The van der Waals surface area contributed by atoms with Gasteiger partial charge in [0.1, 0.15) is 16.7 Å². The molecular weight excluding hydrogens is 528 g/mol. The van der Waals surface area contributed by atoms with E-state index in [4.69, 9.17) is 16.3 Å². The Morgan fingerprint density at radius 2 is 1.57 bits per heavy atom. The highest BCUT2D eigenvalue weighted by Gasteiger charge is 2.29. The number of hydrogen-bond donors (Lipinski definition) is 2. The molecule has 4 aromatic carbocycles. The van der Waals surface area contributed by atoms with Gasteiger partial charge in [0, 0.05) is 14.8 Å². The summed E-state index contributed by atoms with van der Waals surface area (Å²) in [5.74, 6) is -0.366. The number of rotatable bonds is 10. The fraction of sp³-hybridized carbons (Fsp3) is 0.107. The lowest BCUT2D eigenvalue weighted by molar-refractivity contribution is -0.117. The third-order valence-electron chi connectivity index (χ3n) is 5.43. The average molecular weight is 553 g/mol. The van der Waals surface area contributed by atoms with Gasteiger partial charge in [-0.3, -0.25) is 4.79 Å². The number of benzene rings is 4. The van der Waals surface area contributed by atoms with Crippen molar-refractivity contribution in [3.63, 3.8) is 0 Å². The number of anilines is 1. The number of para-hydroxylation sites is 1. The van der Waals surface area contributed by atoms with E-state index in [0.717, 1.165) is 15.4 Å². The van der Waals surface area contributed by atoms with E-state index in [9.17, 15) is 13.2 Å². The number of hydrogen-bond acceptors (Lipinski definition) is 5. The summed E-state index contributed by atoms with van der Waals surface area (Å²) in [6, 6.07) is 29.6. The van der Waals surface area contributed by atoms with Crippen LogP contribution in [-0.2, 0) is 21.2 Å². The van der Waals surface area contributed by atoms with Crippen molar-refractivity contribution in [2.24, 2.45) is 0 Å². The minimum absolute atomic E-state index is 0.125. The molecule has 6 nitrogen and oxygen atoms in total. The third kappa shape index (κ3) is 7.14. The summed E-state index contributed by atoms with van der Waals surface area (Å²) in [7, 11) is -2.79. The first-order chi connectivity index (χ1) is 17.9. The Morgan fingerprint density at radius 1 is 0.919 bits per heavy atom. The van der Waals surface area contributed by atoms with E-state index in [0.29, 0.717) is 5.69 Å². The maximum atomic E-state index is 13.5. The quantitative estimate of drug-likeness (QED) is 0.251. The number of sulfonamides is 1. The van der Waals surface area contributed by atoms with Crippen molar-refractivity contribution in [3.8, 4) is 5.75 Å². The van der Waals surface area contributed by atoms with Crippen molar-refractivity contribution in [3.05, 3.63) is 114 Å². The predicted molar refractivity (Wildman–Crippen MR) is 148 cm³/mol. The monoisotopic (exact) mass is 552 g/mol. The molecule has 2 N–H and O–H groups in total. The Labute approximate surface area is 226 Å². The minimum atomic E-state index is -4.17. The van der Waals surface area contributed by atoms with Gasteiger partial charge in [-0.2, -0.15) is 4.72 Å². The summed E-state index contributed by atoms with van der Waals surface area (Å²) in [5.41, 5.74) is 1.38. The van der Waals surface area contributed by atoms with Gasteiger partial charge in [-0.05, 0) is 54.4 Å². The van der Waals surface area contributed by atoms with Gasteiger partial charge >= 0.3 is 0 Å². The summed E-state index contributed by atoms with van der Waals surface area (Å²) in [6.07, 6.45) is 0.142. The molecule has 0 bridgehead atoms. The molecule has 0 aromatic heterocycles. The number of ether oxygens (including phenoxy) is 1. The molecule has 0 radical (unpaired) electrons. The van der Waals surface area contributed by atoms with Crippen LogP contribution in [0.5, 0.6) is 5.75 Å². The lowest BCUT2D eigenvalue weighted by atomic mass is 10.1. The fourth-order valence-electron chi connectivity index (χ4n) is 3.64. The molecule has 0 aliphatic rings. The topological polar surface area (TPSA) is 84.5 Å². The van der Waals surface area contributed by atoms with Gasteiger partial charge in [0.25, 0.3) is 0 Å². The van der Waals surface area contributed by atoms with Crippen molar-refractivity contribution in [2.75, 3.05) is 12.4 Å². The summed E-state index contributed by atoms with van der Waals surface area (Å²) in [5, 5.41) is 3.15. The highest BCUT2D eigenvalue weighted by molar-refractivity contribution is 7.99. The molecule has 0 unspecified atom stereocenters. The van der Waals surface area contributed by atoms with Gasteiger partial charge in [-0.25, -0.2) is 8.42 Å². The van der Waals surface area contributed by atoms with Crippen LogP contribution in [0.1, 0.15) is 5.56 Å². The Bertz CT molecular complexity index is 1470. The SMILES string of the molecule is COc1ccc(Cl)cc1S(=O)(=O)N[C@H](Cc1ccccc1)C(=O)Nc1ccccc1Sc1ccccc1. The Kier molecular flexibility index (Phi) is 8.89. The lowest BCUT2D eigenvalue weighted by Gasteiger charge is -2.20. The normalized spacial score (nSPS) is 12.1. The predicted octanol–water partition coefficient (Wildman–Crippen LogP) is 6.03. The largest absolute Gasteiger partial charge is 0.495 e. The zero-order valence-electron chi connectivity index (χ0n) is 19.9. The molecule has 1 amide bonds. The van der Waals surface area contributed by atoms with Crippen molar-refractivity contribution in [2.45, 2.75) is 27.1 Å². The summed E-state index contributed by atoms with van der Waals surface area (Å²) < 4.78 is 34.6. The number of carbonyl (C=O) groups excluding carboxylic acids is 1. The summed E-state index contributed by atoms with van der Waals surface area (Å²) in [6.45, 7) is 0. The lowest BCUT2D eigenvalue weighted by Crippen LogP contribution is -2.45. The number of amides is 1. The zero-order chi connectivity index (χ0) is 26.3. The minimum Gasteiger partial charge on any atom is -0.495 e. The summed E-state index contributed by atoms with van der Waals surface area (Å²) >= 11 is 7.57. The first-order valence-corrected chi connectivity index (χ1v) is 14.1. The Balaban J connectivity index is 1.63. The molecule has 0 heterocycles. The second-order valence-corrected chi connectivity index (χ2v) is 11.3. The first kappa shape index (κ1) is 26.8. The van der Waals surface area contributed by atoms with Gasteiger partial charge in [-0.15, -0.1) is 0 Å². The Hall–Kier alpha value is -3.30. The smallest absolute Gasteiger partial charge is 0.245 e. The van der Waals surface area contributed by atoms with Crippen LogP contribution >= 0.6 is 23.4 Å². The second-order valence-electron chi connectivity index (χ2n) is 8.06. The van der Waals surface area contributed by atoms with E-state index >= 15 is 0 Å². The van der Waals surface area contributed by atoms with Crippen molar-refractivity contribution in [1.29, 1.82) is 0 Å². The third-order valence-corrected chi connectivity index (χ3v) is 8.24. The van der Waals surface area contributed by atoms with Crippen LogP contribution in [0.25, 0.3) is 0 Å². The van der Waals surface area contributed by atoms with Crippen LogP contribution in [0.3, 0.4) is 0 Å². The molecular formula is C28H25ClN2O4S2. The molecule has 1 atom stereocenters. The van der Waals surface area contributed by atoms with E-state index in [1.165, 1.54) is 37.1 Å². The second kappa shape index (κ2) is 12.3. The molecule has 0 aliphatic carbocycles. The van der Waals surface area contributed by atoms with Crippen LogP contribution in [0.15, 0.2) is 118 Å². The number of carbonyl (C=O) groups is 1. The van der Waals surface area contributed by atoms with Crippen molar-refractivity contribution < 1.29 is 17.9 Å². The Morgan fingerprint density at radius 3 is 2.27 bits per heavy atom. The number of methoxy groups -OCH3 is 1. The maximum absolute atomic E-state index is 13.5. The van der Waals surface area contributed by atoms with Crippen LogP contribution < -0.4 is 14.8 Å². The van der Waals surface area contributed by atoms with Gasteiger partial charge in [0.15, 0.2) is 0 Å². The average Bonchev–Trinajstić information content (AvgIpc) is 2.90. The molecule has 37 heavy (non-hydrogen) atoms. The van der Waals surface area contributed by atoms with Gasteiger partial charge in [-0.1, -0.05) is 84.0 Å². The molecule has 9 heteroatoms. The molecule has 190 valence electrons. The number of nitrogens with one attached hydrogen (secondary N) is 2. The number of halogens is 1. The molecule has 0 saturated heterocycles. The molecule has 0 spiro atoms. The molecule has 0 fully saturated rings.